The molecule has 0 spiro atoms. The van der Waals surface area contributed by atoms with E-state index in [2.05, 4.69) is 20.8 Å². The van der Waals surface area contributed by atoms with Crippen LogP contribution in [0.5, 0.6) is 5.75 Å². The Kier molecular flexibility index (Phi) is 3.99. The minimum atomic E-state index is -1.08. The second kappa shape index (κ2) is 4.87. The van der Waals surface area contributed by atoms with E-state index < -0.39 is 5.97 Å². The summed E-state index contributed by atoms with van der Waals surface area (Å²) >= 11 is 0. The number of carbonyl (C=O) groups is 1. The average molecular weight is 264 g/mol. The number of hydrogen-bond donors (Lipinski definition) is 2. The summed E-state index contributed by atoms with van der Waals surface area (Å²) < 4.78 is 0. The van der Waals surface area contributed by atoms with E-state index in [0.29, 0.717) is 11.1 Å². The van der Waals surface area contributed by atoms with E-state index in [4.69, 9.17) is 0 Å². The van der Waals surface area contributed by atoms with Crippen molar-refractivity contribution in [1.82, 2.24) is 0 Å². The lowest BCUT2D eigenvalue weighted by Crippen LogP contribution is -2.25. The van der Waals surface area contributed by atoms with Crippen LogP contribution in [-0.4, -0.2) is 16.2 Å². The molecule has 0 saturated heterocycles. The molecule has 19 heavy (non-hydrogen) atoms. The molecule has 0 radical (unpaired) electrons. The fourth-order valence-corrected chi connectivity index (χ4v) is 2.93. The Hall–Kier alpha value is -1.51. The van der Waals surface area contributed by atoms with Gasteiger partial charge in [0, 0.05) is 5.56 Å². The molecule has 0 aromatic heterocycles. The number of rotatable bonds is 3. The molecule has 1 aromatic rings. The van der Waals surface area contributed by atoms with Gasteiger partial charge in [-0.1, -0.05) is 46.8 Å². The summed E-state index contributed by atoms with van der Waals surface area (Å²) in [6, 6.07) is 3.60. The lowest BCUT2D eigenvalue weighted by molar-refractivity contribution is 0.0692. The first-order chi connectivity index (χ1) is 8.46. The maximum Gasteiger partial charge on any atom is 0.339 e. The van der Waals surface area contributed by atoms with Crippen LogP contribution in [0, 0.1) is 12.3 Å². The summed E-state index contributed by atoms with van der Waals surface area (Å²) in [5.41, 5.74) is 1.12. The van der Waals surface area contributed by atoms with Gasteiger partial charge in [-0.15, -0.1) is 0 Å². The van der Waals surface area contributed by atoms with Crippen LogP contribution in [0.4, 0.5) is 0 Å². The van der Waals surface area contributed by atoms with Crippen molar-refractivity contribution in [3.05, 3.63) is 28.8 Å². The maximum absolute atomic E-state index is 11.2. The van der Waals surface area contributed by atoms with Crippen LogP contribution < -0.4 is 0 Å². The van der Waals surface area contributed by atoms with Crippen LogP contribution in [0.15, 0.2) is 12.1 Å². The third kappa shape index (κ3) is 3.49. The molecule has 0 fully saturated rings. The van der Waals surface area contributed by atoms with Crippen LogP contribution in [-0.2, 0) is 5.41 Å². The molecule has 2 N–H and O–H groups in total. The highest BCUT2D eigenvalue weighted by molar-refractivity contribution is 5.93. The van der Waals surface area contributed by atoms with Gasteiger partial charge < -0.3 is 10.2 Å². The number of aryl methyl sites for hydroxylation is 1. The number of carboxylic acid groups (broad SMARTS) is 1. The molecule has 0 aliphatic rings. The van der Waals surface area contributed by atoms with Crippen molar-refractivity contribution < 1.29 is 15.0 Å². The topological polar surface area (TPSA) is 57.5 Å². The van der Waals surface area contributed by atoms with Gasteiger partial charge in [-0.2, -0.15) is 0 Å². The molecule has 0 saturated carbocycles. The molecule has 0 atom stereocenters. The van der Waals surface area contributed by atoms with Gasteiger partial charge in [0.1, 0.15) is 11.3 Å². The molecule has 0 aliphatic carbocycles. The first-order valence-electron chi connectivity index (χ1n) is 6.52. The van der Waals surface area contributed by atoms with Gasteiger partial charge in [-0.05, 0) is 29.7 Å². The van der Waals surface area contributed by atoms with Crippen LogP contribution >= 0.6 is 0 Å². The zero-order valence-corrected chi connectivity index (χ0v) is 12.7. The summed E-state index contributed by atoms with van der Waals surface area (Å²) in [4.78, 5) is 11.2. The van der Waals surface area contributed by atoms with Gasteiger partial charge in [0.05, 0.1) is 0 Å². The van der Waals surface area contributed by atoms with E-state index >= 15 is 0 Å². The van der Waals surface area contributed by atoms with Crippen molar-refractivity contribution in [2.45, 2.75) is 53.4 Å². The molecule has 106 valence electrons. The van der Waals surface area contributed by atoms with Gasteiger partial charge in [-0.3, -0.25) is 0 Å². The third-order valence-corrected chi connectivity index (χ3v) is 3.30. The monoisotopic (exact) mass is 264 g/mol. The van der Waals surface area contributed by atoms with Crippen LogP contribution in [0.2, 0.25) is 0 Å². The van der Waals surface area contributed by atoms with Crippen LogP contribution in [0.3, 0.4) is 0 Å². The molecule has 0 heterocycles. The van der Waals surface area contributed by atoms with E-state index in [-0.39, 0.29) is 22.1 Å². The van der Waals surface area contributed by atoms with E-state index in [1.165, 1.54) is 0 Å². The lowest BCUT2D eigenvalue weighted by atomic mass is 9.71. The molecule has 0 amide bonds. The average Bonchev–Trinajstić information content (AvgIpc) is 2.11. The molecule has 1 aromatic carbocycles. The van der Waals surface area contributed by atoms with Gasteiger partial charge >= 0.3 is 5.97 Å². The zero-order valence-electron chi connectivity index (χ0n) is 12.7. The summed E-state index contributed by atoms with van der Waals surface area (Å²) in [5.74, 6) is -1.18. The first-order valence-corrected chi connectivity index (χ1v) is 6.52. The Balaban J connectivity index is 3.36. The van der Waals surface area contributed by atoms with E-state index in [1.807, 2.05) is 19.9 Å². The highest BCUT2D eigenvalue weighted by Gasteiger charge is 2.31. The Morgan fingerprint density at radius 3 is 2.11 bits per heavy atom. The minimum Gasteiger partial charge on any atom is -0.507 e. The van der Waals surface area contributed by atoms with E-state index in [9.17, 15) is 15.0 Å². The first kappa shape index (κ1) is 15.5. The lowest BCUT2D eigenvalue weighted by Gasteiger charge is -2.33. The molecular weight excluding hydrogens is 240 g/mol. The largest absolute Gasteiger partial charge is 0.507 e. The number of aromatic carboxylic acids is 1. The maximum atomic E-state index is 11.2. The Morgan fingerprint density at radius 1 is 1.16 bits per heavy atom. The quantitative estimate of drug-likeness (QED) is 0.863. The highest BCUT2D eigenvalue weighted by Crippen LogP contribution is 2.41. The van der Waals surface area contributed by atoms with Gasteiger partial charge in [0.15, 0.2) is 0 Å². The van der Waals surface area contributed by atoms with Crippen molar-refractivity contribution in [2.75, 3.05) is 0 Å². The Bertz CT molecular complexity index is 493. The molecule has 0 bridgehead atoms. The second-order valence-corrected chi connectivity index (χ2v) is 7.08. The van der Waals surface area contributed by atoms with Crippen LogP contribution in [0.25, 0.3) is 0 Å². The van der Waals surface area contributed by atoms with Gasteiger partial charge in [0.25, 0.3) is 0 Å². The number of aromatic hydroxyl groups is 1. The predicted octanol–water partition coefficient (Wildman–Crippen LogP) is 4.11. The number of hydrogen-bond acceptors (Lipinski definition) is 2. The minimum absolute atomic E-state index is 0.0134. The Labute approximate surface area is 115 Å². The molecule has 3 nitrogen and oxygen atoms in total. The van der Waals surface area contributed by atoms with E-state index in [1.54, 1.807) is 13.0 Å². The van der Waals surface area contributed by atoms with Crippen molar-refractivity contribution in [2.24, 2.45) is 5.41 Å². The van der Waals surface area contributed by atoms with Crippen molar-refractivity contribution >= 4 is 5.97 Å². The molecule has 1 rings (SSSR count). The summed E-state index contributed by atoms with van der Waals surface area (Å²) in [6.07, 6.45) is 0.857. The summed E-state index contributed by atoms with van der Waals surface area (Å²) in [5, 5.41) is 19.5. The summed E-state index contributed by atoms with van der Waals surface area (Å²) in [7, 11) is 0. The SMILES string of the molecule is Cc1ccc(C(C)(C)CC(C)(C)C)c(O)c1C(=O)O. The van der Waals surface area contributed by atoms with Crippen LogP contribution in [0.1, 0.15) is 62.5 Å². The van der Waals surface area contributed by atoms with E-state index in [0.717, 1.165) is 6.42 Å². The molecule has 3 heteroatoms. The van der Waals surface area contributed by atoms with Gasteiger partial charge in [0.2, 0.25) is 0 Å². The van der Waals surface area contributed by atoms with Gasteiger partial charge in [-0.25, -0.2) is 4.79 Å². The number of phenols is 1. The van der Waals surface area contributed by atoms with Crippen molar-refractivity contribution in [1.29, 1.82) is 0 Å². The normalized spacial score (nSPS) is 12.5. The van der Waals surface area contributed by atoms with Crippen molar-refractivity contribution in [3.63, 3.8) is 0 Å². The second-order valence-electron chi connectivity index (χ2n) is 7.08. The number of carboxylic acids is 1. The summed E-state index contributed by atoms with van der Waals surface area (Å²) in [6.45, 7) is 12.2. The van der Waals surface area contributed by atoms with Crippen molar-refractivity contribution in [3.8, 4) is 5.75 Å². The number of benzene rings is 1. The molecule has 0 aliphatic heterocycles. The smallest absolute Gasteiger partial charge is 0.339 e. The fourth-order valence-electron chi connectivity index (χ4n) is 2.93. The highest BCUT2D eigenvalue weighted by atomic mass is 16.4. The third-order valence-electron chi connectivity index (χ3n) is 3.30. The standard InChI is InChI=1S/C16H24O3/c1-10-7-8-11(13(17)12(10)14(18)19)16(5,6)9-15(2,3)4/h7-8,17H,9H2,1-6H3,(H,18,19). The molecular formula is C16H24O3. The molecule has 0 unspecified atom stereocenters. The predicted molar refractivity (Wildman–Crippen MR) is 76.9 cm³/mol. The Morgan fingerprint density at radius 2 is 1.68 bits per heavy atom. The fraction of sp³-hybridized carbons (Fsp3) is 0.562. The zero-order chi connectivity index (χ0) is 15.0.